The first kappa shape index (κ1) is 5.11. The lowest BCUT2D eigenvalue weighted by atomic mass is 10.2. The summed E-state index contributed by atoms with van der Waals surface area (Å²) in [4.78, 5) is 21.5. The second-order valence-corrected chi connectivity index (χ2v) is 2.70. The quantitative estimate of drug-likeness (QED) is 0.653. The smallest absolute Gasteiger partial charge is 0.249 e. The third kappa shape index (κ3) is 1.30. The van der Waals surface area contributed by atoms with Crippen LogP contribution in [0.3, 0.4) is 0 Å². The van der Waals surface area contributed by atoms with Gasteiger partial charge in [0.05, 0.1) is 5.69 Å². The Kier molecular flexibility index (Phi) is 1.04. The number of hydrogen-bond acceptors (Lipinski definition) is 3. The van der Waals surface area contributed by atoms with Gasteiger partial charge in [-0.1, -0.05) is 0 Å². The molecule has 0 radical (unpaired) electrons. The molecule has 0 bridgehead atoms. The van der Waals surface area contributed by atoms with Gasteiger partial charge < -0.3 is 4.98 Å². The number of nitrogens with one attached hydrogen (secondary N) is 1. The average molecular weight is 178 g/mol. The van der Waals surface area contributed by atoms with Crippen molar-refractivity contribution in [1.29, 1.82) is 0 Å². The molecular weight excluding hydrogens is 166 g/mol. The van der Waals surface area contributed by atoms with E-state index in [1.807, 2.05) is 0 Å². The number of nitrogens with zero attached hydrogens (tertiary/aromatic N) is 2. The van der Waals surface area contributed by atoms with Crippen molar-refractivity contribution in [2.24, 2.45) is 0 Å². The minimum absolute atomic E-state index is 0.0359. The molecule has 0 atom stereocenters. The zero-order valence-corrected chi connectivity index (χ0v) is 6.96. The molecule has 0 unspecified atom stereocenters. The summed E-state index contributed by atoms with van der Waals surface area (Å²) < 4.78 is 22.1. The van der Waals surface area contributed by atoms with E-state index in [1.54, 1.807) is 6.92 Å². The van der Waals surface area contributed by atoms with Gasteiger partial charge >= 0.3 is 0 Å². The molecule has 4 heteroatoms. The SMILES string of the molecule is [2H]C([2H])([2H])c1nc(C)nc2[nH]c(=O)ccc12. The predicted octanol–water partition coefficient (Wildman–Crippen LogP) is 0.935. The van der Waals surface area contributed by atoms with E-state index in [4.69, 9.17) is 4.11 Å². The molecule has 2 rings (SSSR count). The first-order chi connectivity index (χ1) is 7.38. The summed E-state index contributed by atoms with van der Waals surface area (Å²) in [6, 6.07) is 2.69. The number of H-pyrrole nitrogens is 1. The van der Waals surface area contributed by atoms with Crippen molar-refractivity contribution in [2.75, 3.05) is 0 Å². The Bertz CT molecular complexity index is 603. The molecule has 0 fully saturated rings. The van der Waals surface area contributed by atoms with Crippen LogP contribution in [0.5, 0.6) is 0 Å². The van der Waals surface area contributed by atoms with Gasteiger partial charge in [-0.15, -0.1) is 0 Å². The highest BCUT2D eigenvalue weighted by Crippen LogP contribution is 2.09. The lowest BCUT2D eigenvalue weighted by Gasteiger charge is -2.00. The van der Waals surface area contributed by atoms with Crippen LogP contribution >= 0.6 is 0 Å². The molecule has 2 heterocycles. The second kappa shape index (κ2) is 2.65. The van der Waals surface area contributed by atoms with Crippen molar-refractivity contribution in [3.63, 3.8) is 0 Å². The molecule has 0 amide bonds. The molecule has 0 aromatic carbocycles. The molecule has 13 heavy (non-hydrogen) atoms. The van der Waals surface area contributed by atoms with Gasteiger partial charge in [-0.25, -0.2) is 9.97 Å². The standard InChI is InChI=1S/C9H9N3O/c1-5-7-3-4-8(13)12-9(7)11-6(2)10-5/h3-4H,1-2H3,(H,10,11,12,13)/i1D3. The van der Waals surface area contributed by atoms with Crippen LogP contribution in [0.15, 0.2) is 16.9 Å². The first-order valence-electron chi connectivity index (χ1n) is 5.26. The fourth-order valence-electron chi connectivity index (χ4n) is 1.15. The van der Waals surface area contributed by atoms with E-state index < -0.39 is 6.85 Å². The van der Waals surface area contributed by atoms with Crippen molar-refractivity contribution < 1.29 is 4.11 Å². The Labute approximate surface area is 78.9 Å². The van der Waals surface area contributed by atoms with Gasteiger partial charge in [-0.05, 0) is 19.8 Å². The molecule has 4 nitrogen and oxygen atoms in total. The van der Waals surface area contributed by atoms with Crippen LogP contribution in [-0.2, 0) is 0 Å². The number of pyridine rings is 1. The number of hydrogen-bond donors (Lipinski definition) is 1. The Morgan fingerprint density at radius 1 is 1.46 bits per heavy atom. The molecule has 1 N–H and O–H groups in total. The van der Waals surface area contributed by atoms with Crippen molar-refractivity contribution in [3.8, 4) is 0 Å². The monoisotopic (exact) mass is 178 g/mol. The van der Waals surface area contributed by atoms with Crippen molar-refractivity contribution in [1.82, 2.24) is 15.0 Å². The maximum Gasteiger partial charge on any atom is 0.249 e. The maximum atomic E-state index is 11.1. The highest BCUT2D eigenvalue weighted by Gasteiger charge is 2.01. The van der Waals surface area contributed by atoms with Crippen LogP contribution in [0.4, 0.5) is 0 Å². The Balaban J connectivity index is 2.89. The Hall–Kier alpha value is -1.71. The van der Waals surface area contributed by atoms with Gasteiger partial charge in [0, 0.05) is 15.6 Å². The molecule has 0 saturated carbocycles. The van der Waals surface area contributed by atoms with Crippen LogP contribution in [0.1, 0.15) is 15.6 Å². The number of fused-ring (bicyclic) bond motifs is 1. The van der Waals surface area contributed by atoms with Crippen LogP contribution in [-0.4, -0.2) is 15.0 Å². The van der Waals surface area contributed by atoms with Crippen LogP contribution in [0.2, 0.25) is 0 Å². The predicted molar refractivity (Wildman–Crippen MR) is 49.6 cm³/mol. The number of aromatic amines is 1. The number of aromatic nitrogens is 3. The number of rotatable bonds is 0. The zero-order chi connectivity index (χ0) is 11.9. The highest BCUT2D eigenvalue weighted by atomic mass is 16.1. The minimum atomic E-state index is -2.32. The third-order valence-electron chi connectivity index (χ3n) is 1.70. The first-order valence-corrected chi connectivity index (χ1v) is 3.76. The number of aryl methyl sites for hydroxylation is 2. The topological polar surface area (TPSA) is 58.6 Å². The van der Waals surface area contributed by atoms with Crippen LogP contribution < -0.4 is 5.56 Å². The molecule has 0 aliphatic rings. The van der Waals surface area contributed by atoms with Gasteiger partial charge in [0.15, 0.2) is 0 Å². The molecule has 2 aromatic heterocycles. The molecule has 2 aromatic rings. The fraction of sp³-hybridized carbons (Fsp3) is 0.222. The van der Waals surface area contributed by atoms with E-state index in [0.29, 0.717) is 11.2 Å². The fourth-order valence-corrected chi connectivity index (χ4v) is 1.15. The normalized spacial score (nSPS) is 15.0. The molecule has 0 saturated heterocycles. The van der Waals surface area contributed by atoms with Crippen molar-refractivity contribution >= 4 is 11.0 Å². The van der Waals surface area contributed by atoms with E-state index >= 15 is 0 Å². The van der Waals surface area contributed by atoms with Gasteiger partial charge in [0.25, 0.3) is 0 Å². The second-order valence-electron chi connectivity index (χ2n) is 2.70. The third-order valence-corrected chi connectivity index (χ3v) is 1.70. The van der Waals surface area contributed by atoms with E-state index in [1.165, 1.54) is 12.1 Å². The van der Waals surface area contributed by atoms with Crippen molar-refractivity contribution in [2.45, 2.75) is 13.8 Å². The molecular formula is C9H9N3O. The largest absolute Gasteiger partial charge is 0.306 e. The van der Waals surface area contributed by atoms with E-state index in [2.05, 4.69) is 15.0 Å². The van der Waals surface area contributed by atoms with Gasteiger partial charge in [0.2, 0.25) is 5.56 Å². The van der Waals surface area contributed by atoms with E-state index in [9.17, 15) is 4.79 Å². The van der Waals surface area contributed by atoms with Gasteiger partial charge in [-0.3, -0.25) is 4.79 Å². The Morgan fingerprint density at radius 3 is 3.08 bits per heavy atom. The maximum absolute atomic E-state index is 11.1. The lowest BCUT2D eigenvalue weighted by molar-refractivity contribution is 1.03. The van der Waals surface area contributed by atoms with Crippen molar-refractivity contribution in [3.05, 3.63) is 34.0 Å². The zero-order valence-electron chi connectivity index (χ0n) is 9.96. The summed E-state index contributed by atoms with van der Waals surface area (Å²) in [5.41, 5.74) is -0.0977. The summed E-state index contributed by atoms with van der Waals surface area (Å²) >= 11 is 0. The highest BCUT2D eigenvalue weighted by molar-refractivity contribution is 5.76. The minimum Gasteiger partial charge on any atom is -0.306 e. The average Bonchev–Trinajstić information content (AvgIpc) is 2.14. The Morgan fingerprint density at radius 2 is 2.31 bits per heavy atom. The van der Waals surface area contributed by atoms with E-state index in [-0.39, 0.29) is 16.9 Å². The lowest BCUT2D eigenvalue weighted by Crippen LogP contribution is -2.05. The van der Waals surface area contributed by atoms with Gasteiger partial charge in [-0.2, -0.15) is 0 Å². The summed E-state index contributed by atoms with van der Waals surface area (Å²) in [6.07, 6.45) is 0. The summed E-state index contributed by atoms with van der Waals surface area (Å²) in [6.45, 7) is -0.732. The van der Waals surface area contributed by atoms with E-state index in [0.717, 1.165) is 0 Å². The molecule has 66 valence electrons. The molecule has 0 spiro atoms. The van der Waals surface area contributed by atoms with Crippen LogP contribution in [0, 0.1) is 13.8 Å². The van der Waals surface area contributed by atoms with Gasteiger partial charge in [0.1, 0.15) is 11.5 Å². The summed E-state index contributed by atoms with van der Waals surface area (Å²) in [5.74, 6) is 0.320. The molecule has 0 aliphatic heterocycles. The summed E-state index contributed by atoms with van der Waals surface area (Å²) in [7, 11) is 0. The molecule has 0 aliphatic carbocycles. The van der Waals surface area contributed by atoms with Crippen LogP contribution in [0.25, 0.3) is 11.0 Å². The summed E-state index contributed by atoms with van der Waals surface area (Å²) in [5, 5.41) is 0.352.